The first-order valence-corrected chi connectivity index (χ1v) is 9.39. The zero-order chi connectivity index (χ0) is 19.9. The minimum absolute atomic E-state index is 0.0660. The number of carbonyl (C=O) groups excluding carboxylic acids is 2. The van der Waals surface area contributed by atoms with Gasteiger partial charge in [0.05, 0.1) is 6.54 Å². The van der Waals surface area contributed by atoms with Crippen LogP contribution in [0.1, 0.15) is 5.56 Å². The molecule has 0 radical (unpaired) electrons. The van der Waals surface area contributed by atoms with Crippen LogP contribution in [0.2, 0.25) is 5.02 Å². The fraction of sp³-hybridized carbons (Fsp3) is 0.238. The molecule has 1 saturated heterocycles. The molecule has 1 aliphatic rings. The molecular formula is C21H21ClFN3O2. The first-order valence-electron chi connectivity index (χ1n) is 9.01. The van der Waals surface area contributed by atoms with Crippen LogP contribution in [0.3, 0.4) is 0 Å². The third-order valence-electron chi connectivity index (χ3n) is 4.50. The van der Waals surface area contributed by atoms with E-state index < -0.39 is 5.91 Å². The maximum absolute atomic E-state index is 13.1. The first-order chi connectivity index (χ1) is 13.5. The van der Waals surface area contributed by atoms with Crippen LogP contribution in [-0.4, -0.2) is 49.4 Å². The van der Waals surface area contributed by atoms with Gasteiger partial charge in [-0.1, -0.05) is 29.8 Å². The van der Waals surface area contributed by atoms with E-state index in [1.54, 1.807) is 17.0 Å². The van der Waals surface area contributed by atoms with Crippen molar-refractivity contribution in [1.82, 2.24) is 10.2 Å². The molecule has 0 bridgehead atoms. The molecule has 0 spiro atoms. The molecule has 146 valence electrons. The number of benzene rings is 2. The number of hydrogen-bond acceptors (Lipinski definition) is 3. The van der Waals surface area contributed by atoms with Crippen molar-refractivity contribution in [3.63, 3.8) is 0 Å². The lowest BCUT2D eigenvalue weighted by Crippen LogP contribution is -2.51. The largest absolute Gasteiger partial charge is 0.368 e. The molecule has 2 aromatic carbocycles. The molecule has 2 amide bonds. The summed E-state index contributed by atoms with van der Waals surface area (Å²) in [6.07, 6.45) is 2.80. The number of rotatable bonds is 5. The molecule has 1 heterocycles. The second-order valence-corrected chi connectivity index (χ2v) is 6.89. The van der Waals surface area contributed by atoms with Gasteiger partial charge in [0.25, 0.3) is 0 Å². The Morgan fingerprint density at radius 1 is 1.07 bits per heavy atom. The van der Waals surface area contributed by atoms with Crippen molar-refractivity contribution in [2.45, 2.75) is 0 Å². The van der Waals surface area contributed by atoms with Gasteiger partial charge in [-0.15, -0.1) is 0 Å². The van der Waals surface area contributed by atoms with Crippen LogP contribution in [0.4, 0.5) is 10.1 Å². The SMILES string of the molecule is O=C(/C=C/c1cccc(F)c1)NCC(=O)N1CCN(c2cccc(Cl)c2)CC1. The van der Waals surface area contributed by atoms with Gasteiger partial charge in [0.15, 0.2) is 0 Å². The smallest absolute Gasteiger partial charge is 0.244 e. The molecular weight excluding hydrogens is 381 g/mol. The van der Waals surface area contributed by atoms with E-state index in [0.29, 0.717) is 36.8 Å². The predicted molar refractivity (Wildman–Crippen MR) is 109 cm³/mol. The lowest BCUT2D eigenvalue weighted by molar-refractivity contribution is -0.132. The van der Waals surface area contributed by atoms with Crippen molar-refractivity contribution in [3.05, 3.63) is 71.0 Å². The van der Waals surface area contributed by atoms with E-state index in [4.69, 9.17) is 11.6 Å². The highest BCUT2D eigenvalue weighted by molar-refractivity contribution is 6.30. The molecule has 28 heavy (non-hydrogen) atoms. The van der Waals surface area contributed by atoms with Gasteiger partial charge in [-0.2, -0.15) is 0 Å². The molecule has 3 rings (SSSR count). The van der Waals surface area contributed by atoms with Crippen LogP contribution < -0.4 is 10.2 Å². The fourth-order valence-electron chi connectivity index (χ4n) is 3.00. The number of nitrogens with zero attached hydrogens (tertiary/aromatic N) is 2. The molecule has 5 nitrogen and oxygen atoms in total. The lowest BCUT2D eigenvalue weighted by atomic mass is 10.2. The number of halogens is 2. The summed E-state index contributed by atoms with van der Waals surface area (Å²) in [5.41, 5.74) is 1.62. The van der Waals surface area contributed by atoms with Crippen LogP contribution in [0.15, 0.2) is 54.6 Å². The van der Waals surface area contributed by atoms with Crippen LogP contribution in [0.5, 0.6) is 0 Å². The summed E-state index contributed by atoms with van der Waals surface area (Å²) in [4.78, 5) is 28.1. The number of hydrogen-bond donors (Lipinski definition) is 1. The maximum Gasteiger partial charge on any atom is 0.244 e. The summed E-state index contributed by atoms with van der Waals surface area (Å²) in [6, 6.07) is 13.6. The number of carbonyl (C=O) groups is 2. The lowest BCUT2D eigenvalue weighted by Gasteiger charge is -2.36. The summed E-state index contributed by atoms with van der Waals surface area (Å²) >= 11 is 6.03. The van der Waals surface area contributed by atoms with E-state index in [-0.39, 0.29) is 18.3 Å². The van der Waals surface area contributed by atoms with Gasteiger partial charge < -0.3 is 15.1 Å². The normalized spacial score (nSPS) is 14.4. The number of anilines is 1. The van der Waals surface area contributed by atoms with Gasteiger partial charge >= 0.3 is 0 Å². The highest BCUT2D eigenvalue weighted by Crippen LogP contribution is 2.20. The Bertz CT molecular complexity index is 879. The van der Waals surface area contributed by atoms with Crippen molar-refractivity contribution in [2.24, 2.45) is 0 Å². The molecule has 0 aromatic heterocycles. The average Bonchev–Trinajstić information content (AvgIpc) is 2.70. The summed E-state index contributed by atoms with van der Waals surface area (Å²) in [5.74, 6) is -0.886. The van der Waals surface area contributed by atoms with Gasteiger partial charge in [-0.05, 0) is 42.0 Å². The van der Waals surface area contributed by atoms with Crippen molar-refractivity contribution < 1.29 is 14.0 Å². The highest BCUT2D eigenvalue weighted by atomic mass is 35.5. The monoisotopic (exact) mass is 401 g/mol. The second kappa shape index (κ2) is 9.37. The average molecular weight is 402 g/mol. The zero-order valence-electron chi connectivity index (χ0n) is 15.3. The van der Waals surface area contributed by atoms with Crippen LogP contribution >= 0.6 is 11.6 Å². The van der Waals surface area contributed by atoms with Gasteiger partial charge in [-0.3, -0.25) is 9.59 Å². The van der Waals surface area contributed by atoms with Gasteiger partial charge in [-0.25, -0.2) is 4.39 Å². The Balaban J connectivity index is 1.43. The molecule has 0 unspecified atom stereocenters. The molecule has 1 aliphatic heterocycles. The number of nitrogens with one attached hydrogen (secondary N) is 1. The second-order valence-electron chi connectivity index (χ2n) is 6.45. The van der Waals surface area contributed by atoms with E-state index in [2.05, 4.69) is 10.2 Å². The summed E-state index contributed by atoms with van der Waals surface area (Å²) in [5, 5.41) is 3.26. The highest BCUT2D eigenvalue weighted by Gasteiger charge is 2.21. The van der Waals surface area contributed by atoms with Gasteiger partial charge in [0, 0.05) is 43.0 Å². The Hall–Kier alpha value is -2.86. The Morgan fingerprint density at radius 2 is 1.82 bits per heavy atom. The van der Waals surface area contributed by atoms with Crippen LogP contribution in [0, 0.1) is 5.82 Å². The van der Waals surface area contributed by atoms with Crippen molar-refractivity contribution >= 4 is 35.2 Å². The Labute approximate surface area is 168 Å². The quantitative estimate of drug-likeness (QED) is 0.784. The molecule has 0 saturated carbocycles. The van der Waals surface area contributed by atoms with E-state index in [1.807, 2.05) is 24.3 Å². The molecule has 7 heteroatoms. The maximum atomic E-state index is 13.1. The van der Waals surface area contributed by atoms with Crippen LogP contribution in [-0.2, 0) is 9.59 Å². The molecule has 1 N–H and O–H groups in total. The summed E-state index contributed by atoms with van der Waals surface area (Å²) in [6.45, 7) is 2.52. The van der Waals surface area contributed by atoms with E-state index in [9.17, 15) is 14.0 Å². The topological polar surface area (TPSA) is 52.7 Å². The third-order valence-corrected chi connectivity index (χ3v) is 4.73. The number of piperazine rings is 1. The number of amides is 2. The third kappa shape index (κ3) is 5.57. The standard InChI is InChI=1S/C21H21ClFN3O2/c22-17-4-2-6-19(14-17)25-9-11-26(12-10-25)21(28)15-24-20(27)8-7-16-3-1-5-18(23)13-16/h1-8,13-14H,9-12,15H2,(H,24,27)/b8-7+. The fourth-order valence-corrected chi connectivity index (χ4v) is 3.19. The summed E-state index contributed by atoms with van der Waals surface area (Å²) in [7, 11) is 0. The molecule has 0 atom stereocenters. The van der Waals surface area contributed by atoms with Gasteiger partial charge in [0.2, 0.25) is 11.8 Å². The summed E-state index contributed by atoms with van der Waals surface area (Å²) < 4.78 is 13.1. The molecule has 2 aromatic rings. The minimum atomic E-state index is -0.393. The van der Waals surface area contributed by atoms with Crippen molar-refractivity contribution in [3.8, 4) is 0 Å². The van der Waals surface area contributed by atoms with E-state index in [0.717, 1.165) is 5.69 Å². The van der Waals surface area contributed by atoms with Gasteiger partial charge in [0.1, 0.15) is 5.82 Å². The Kier molecular flexibility index (Phi) is 6.66. The molecule has 1 fully saturated rings. The predicted octanol–water partition coefficient (Wildman–Crippen LogP) is 2.96. The van der Waals surface area contributed by atoms with E-state index in [1.165, 1.54) is 24.3 Å². The van der Waals surface area contributed by atoms with Crippen molar-refractivity contribution in [2.75, 3.05) is 37.6 Å². The zero-order valence-corrected chi connectivity index (χ0v) is 16.0. The van der Waals surface area contributed by atoms with E-state index >= 15 is 0 Å². The van der Waals surface area contributed by atoms with Crippen molar-refractivity contribution in [1.29, 1.82) is 0 Å². The Morgan fingerprint density at radius 3 is 2.54 bits per heavy atom. The first kappa shape index (κ1) is 19.9. The molecule has 0 aliphatic carbocycles. The van der Waals surface area contributed by atoms with Crippen LogP contribution in [0.25, 0.3) is 6.08 Å². The minimum Gasteiger partial charge on any atom is -0.368 e.